The third-order valence-corrected chi connectivity index (χ3v) is 3.63. The van der Waals surface area contributed by atoms with Crippen LogP contribution in [0, 0.1) is 6.92 Å². The van der Waals surface area contributed by atoms with Gasteiger partial charge in [0, 0.05) is 5.92 Å². The summed E-state index contributed by atoms with van der Waals surface area (Å²) in [5.74, 6) is 0.0266. The van der Waals surface area contributed by atoms with Crippen molar-refractivity contribution in [2.45, 2.75) is 32.2 Å². The molecule has 1 saturated carbocycles. The Bertz CT molecular complexity index is 848. The summed E-state index contributed by atoms with van der Waals surface area (Å²) >= 11 is 0. The average molecular weight is 298 g/mol. The molecule has 0 aliphatic heterocycles. The van der Waals surface area contributed by atoms with E-state index in [1.807, 2.05) is 13.0 Å². The summed E-state index contributed by atoms with van der Waals surface area (Å²) in [6.07, 6.45) is 5.62. The van der Waals surface area contributed by atoms with Crippen LogP contribution in [0.3, 0.4) is 0 Å². The van der Waals surface area contributed by atoms with Crippen LogP contribution in [-0.4, -0.2) is 30.8 Å². The van der Waals surface area contributed by atoms with E-state index >= 15 is 0 Å². The van der Waals surface area contributed by atoms with Crippen molar-refractivity contribution in [2.75, 3.05) is 0 Å². The van der Waals surface area contributed by atoms with Crippen molar-refractivity contribution in [2.24, 2.45) is 0 Å². The molecule has 8 heteroatoms. The van der Waals surface area contributed by atoms with Crippen LogP contribution in [-0.2, 0) is 6.54 Å². The molecule has 3 aromatic heterocycles. The second-order valence-corrected chi connectivity index (χ2v) is 5.52. The smallest absolute Gasteiger partial charge is 0.275 e. The van der Waals surface area contributed by atoms with Crippen LogP contribution in [0.5, 0.6) is 0 Å². The van der Waals surface area contributed by atoms with Crippen LogP contribution in [0.4, 0.5) is 0 Å². The van der Waals surface area contributed by atoms with E-state index < -0.39 is 0 Å². The number of nitrogens with zero attached hydrogens (tertiary/aromatic N) is 5. The first-order valence-electron chi connectivity index (χ1n) is 7.12. The van der Waals surface area contributed by atoms with E-state index in [0.717, 1.165) is 29.7 Å². The van der Waals surface area contributed by atoms with Gasteiger partial charge in [-0.3, -0.25) is 4.79 Å². The molecule has 112 valence electrons. The normalized spacial score (nSPS) is 14.4. The Balaban J connectivity index is 1.48. The highest BCUT2D eigenvalue weighted by molar-refractivity contribution is 5.93. The fraction of sp³-hybridized carbons (Fsp3) is 0.357. The van der Waals surface area contributed by atoms with Crippen molar-refractivity contribution in [3.8, 4) is 0 Å². The molecule has 4 rings (SSSR count). The molecule has 1 aliphatic rings. The first kappa shape index (κ1) is 12.9. The van der Waals surface area contributed by atoms with E-state index in [1.54, 1.807) is 16.9 Å². The van der Waals surface area contributed by atoms with Crippen LogP contribution < -0.4 is 5.32 Å². The lowest BCUT2D eigenvalue weighted by Crippen LogP contribution is -2.24. The molecule has 1 aliphatic carbocycles. The lowest BCUT2D eigenvalue weighted by atomic mass is 10.2. The highest BCUT2D eigenvalue weighted by Gasteiger charge is 2.32. The summed E-state index contributed by atoms with van der Waals surface area (Å²) in [6, 6.07) is 1.94. The second kappa shape index (κ2) is 4.90. The van der Waals surface area contributed by atoms with Crippen molar-refractivity contribution >= 4 is 11.6 Å². The summed E-state index contributed by atoms with van der Waals surface area (Å²) in [7, 11) is 0. The molecule has 0 aromatic carbocycles. The van der Waals surface area contributed by atoms with Gasteiger partial charge in [0.05, 0.1) is 24.6 Å². The third kappa shape index (κ3) is 2.32. The maximum atomic E-state index is 12.2. The van der Waals surface area contributed by atoms with E-state index in [-0.39, 0.29) is 11.6 Å². The van der Waals surface area contributed by atoms with Crippen molar-refractivity contribution in [1.82, 2.24) is 30.2 Å². The van der Waals surface area contributed by atoms with Crippen LogP contribution >= 0.6 is 0 Å². The molecule has 1 amide bonds. The van der Waals surface area contributed by atoms with Gasteiger partial charge in [0.1, 0.15) is 5.69 Å². The molecule has 22 heavy (non-hydrogen) atoms. The molecule has 3 aromatic rings. The van der Waals surface area contributed by atoms with Gasteiger partial charge in [0.15, 0.2) is 11.3 Å². The highest BCUT2D eigenvalue weighted by Crippen LogP contribution is 2.40. The molecule has 0 bridgehead atoms. The molecule has 0 spiro atoms. The minimum Gasteiger partial charge on any atom is -0.345 e. The van der Waals surface area contributed by atoms with Gasteiger partial charge in [-0.25, -0.2) is 14.1 Å². The predicted octanol–water partition coefficient (Wildman–Crippen LogP) is 1.23. The Labute approximate surface area is 125 Å². The van der Waals surface area contributed by atoms with E-state index in [2.05, 4.69) is 25.7 Å². The minimum absolute atomic E-state index is 0.278. The SMILES string of the molecule is Cc1cnn2cc(CNC(=O)c3nonc3C3CC3)nc2c1. The number of hydrogen-bond donors (Lipinski definition) is 1. The quantitative estimate of drug-likeness (QED) is 0.778. The zero-order valence-electron chi connectivity index (χ0n) is 12.0. The molecule has 0 unspecified atom stereocenters. The molecular formula is C14H14N6O2. The van der Waals surface area contributed by atoms with E-state index in [9.17, 15) is 4.79 Å². The van der Waals surface area contributed by atoms with Gasteiger partial charge < -0.3 is 5.32 Å². The average Bonchev–Trinajstić information content (AvgIpc) is 3.09. The summed E-state index contributed by atoms with van der Waals surface area (Å²) in [5, 5.41) is 14.6. The van der Waals surface area contributed by atoms with Crippen molar-refractivity contribution < 1.29 is 9.42 Å². The van der Waals surface area contributed by atoms with E-state index in [0.29, 0.717) is 18.2 Å². The van der Waals surface area contributed by atoms with Crippen LogP contribution in [0.25, 0.3) is 5.65 Å². The van der Waals surface area contributed by atoms with Gasteiger partial charge in [-0.15, -0.1) is 0 Å². The lowest BCUT2D eigenvalue weighted by molar-refractivity contribution is 0.0940. The van der Waals surface area contributed by atoms with Gasteiger partial charge in [0.25, 0.3) is 5.91 Å². The molecule has 3 heterocycles. The van der Waals surface area contributed by atoms with Gasteiger partial charge in [-0.05, 0) is 36.6 Å². The summed E-state index contributed by atoms with van der Waals surface area (Å²) < 4.78 is 6.37. The first-order valence-corrected chi connectivity index (χ1v) is 7.12. The summed E-state index contributed by atoms with van der Waals surface area (Å²) in [4.78, 5) is 16.6. The zero-order chi connectivity index (χ0) is 15.1. The van der Waals surface area contributed by atoms with Crippen molar-refractivity contribution in [3.05, 3.63) is 41.1 Å². The van der Waals surface area contributed by atoms with Gasteiger partial charge in [-0.2, -0.15) is 5.10 Å². The molecule has 1 N–H and O–H groups in total. The largest absolute Gasteiger partial charge is 0.345 e. The molecule has 0 saturated heterocycles. The van der Waals surface area contributed by atoms with Crippen LogP contribution in [0.15, 0.2) is 23.1 Å². The van der Waals surface area contributed by atoms with Gasteiger partial charge >= 0.3 is 0 Å². The predicted molar refractivity (Wildman–Crippen MR) is 75.2 cm³/mol. The van der Waals surface area contributed by atoms with Gasteiger partial charge in [-0.1, -0.05) is 5.16 Å². The molecule has 8 nitrogen and oxygen atoms in total. The van der Waals surface area contributed by atoms with Gasteiger partial charge in [0.2, 0.25) is 0 Å². The fourth-order valence-electron chi connectivity index (χ4n) is 2.34. The lowest BCUT2D eigenvalue weighted by Gasteiger charge is -2.00. The Kier molecular flexibility index (Phi) is 2.88. The highest BCUT2D eigenvalue weighted by atomic mass is 16.6. The topological polar surface area (TPSA) is 98.2 Å². The Morgan fingerprint density at radius 1 is 1.45 bits per heavy atom. The second-order valence-electron chi connectivity index (χ2n) is 5.52. The monoisotopic (exact) mass is 298 g/mol. The van der Waals surface area contributed by atoms with E-state index in [4.69, 9.17) is 4.63 Å². The number of imidazole rings is 1. The number of hydrogen-bond acceptors (Lipinski definition) is 6. The van der Waals surface area contributed by atoms with E-state index in [1.165, 1.54) is 0 Å². The number of rotatable bonds is 4. The molecule has 1 fully saturated rings. The summed E-state index contributed by atoms with van der Waals surface area (Å²) in [5.41, 5.74) is 3.46. The maximum absolute atomic E-state index is 12.2. The number of aryl methyl sites for hydroxylation is 1. The molecule has 0 atom stereocenters. The number of fused-ring (bicyclic) bond motifs is 1. The minimum atomic E-state index is -0.288. The Morgan fingerprint density at radius 3 is 3.14 bits per heavy atom. The standard InChI is InChI=1S/C14H14N6O2/c1-8-4-11-17-10(7-20(11)16-5-8)6-15-14(21)13-12(9-2-3-9)18-22-19-13/h4-5,7,9H,2-3,6H2,1H3,(H,15,21). The third-order valence-electron chi connectivity index (χ3n) is 3.63. The van der Waals surface area contributed by atoms with Crippen molar-refractivity contribution in [3.63, 3.8) is 0 Å². The molecule has 0 radical (unpaired) electrons. The summed E-state index contributed by atoms with van der Waals surface area (Å²) in [6.45, 7) is 2.26. The van der Waals surface area contributed by atoms with Crippen LogP contribution in [0.2, 0.25) is 0 Å². The zero-order valence-corrected chi connectivity index (χ0v) is 12.0. The van der Waals surface area contributed by atoms with Crippen LogP contribution in [0.1, 0.15) is 46.2 Å². The number of carbonyl (C=O) groups is 1. The number of amides is 1. The van der Waals surface area contributed by atoms with Crippen molar-refractivity contribution in [1.29, 1.82) is 0 Å². The number of nitrogens with one attached hydrogen (secondary N) is 1. The number of carbonyl (C=O) groups excluding carboxylic acids is 1. The Morgan fingerprint density at radius 2 is 2.32 bits per heavy atom. The molecular weight excluding hydrogens is 284 g/mol. The first-order chi connectivity index (χ1) is 10.7. The number of aromatic nitrogens is 5. The Hall–Kier alpha value is -2.77. The fourth-order valence-corrected chi connectivity index (χ4v) is 2.34. The maximum Gasteiger partial charge on any atom is 0.275 e.